The highest BCUT2D eigenvalue weighted by atomic mass is 32.2. The van der Waals surface area contributed by atoms with Crippen LogP contribution < -0.4 is 5.32 Å². The van der Waals surface area contributed by atoms with Gasteiger partial charge in [-0.15, -0.1) is 0 Å². The molecule has 0 heterocycles. The number of hydrogen-bond acceptors (Lipinski definition) is 3. The lowest BCUT2D eigenvalue weighted by Gasteiger charge is -2.08. The van der Waals surface area contributed by atoms with Gasteiger partial charge in [-0.2, -0.15) is 8.42 Å². The van der Waals surface area contributed by atoms with Gasteiger partial charge in [-0.05, 0) is 24.3 Å². The molecule has 0 aliphatic carbocycles. The van der Waals surface area contributed by atoms with Crippen molar-refractivity contribution in [3.63, 3.8) is 0 Å². The smallest absolute Gasteiger partial charge is 0.296 e. The molecule has 20 heavy (non-hydrogen) atoms. The SMILES string of the molecule is O.O=C(Nc1ccccc1S(=O)(=O)O)c1ccccc1. The molecular formula is C13H13NO5S. The summed E-state index contributed by atoms with van der Waals surface area (Å²) < 4.78 is 31.4. The summed E-state index contributed by atoms with van der Waals surface area (Å²) in [6.45, 7) is 0. The number of amides is 1. The zero-order chi connectivity index (χ0) is 13.9. The van der Waals surface area contributed by atoms with Gasteiger partial charge < -0.3 is 10.8 Å². The Kier molecular flexibility index (Phi) is 4.98. The number of carbonyl (C=O) groups excluding carboxylic acids is 1. The first-order valence-electron chi connectivity index (χ1n) is 5.41. The fourth-order valence-corrected chi connectivity index (χ4v) is 2.23. The van der Waals surface area contributed by atoms with Gasteiger partial charge in [-0.25, -0.2) is 0 Å². The third-order valence-electron chi connectivity index (χ3n) is 2.45. The van der Waals surface area contributed by atoms with Crippen LogP contribution in [0.15, 0.2) is 59.5 Å². The average molecular weight is 295 g/mol. The number of nitrogens with one attached hydrogen (secondary N) is 1. The van der Waals surface area contributed by atoms with E-state index in [1.165, 1.54) is 18.2 Å². The van der Waals surface area contributed by atoms with E-state index in [0.29, 0.717) is 5.56 Å². The number of hydrogen-bond donors (Lipinski definition) is 2. The van der Waals surface area contributed by atoms with E-state index in [-0.39, 0.29) is 16.1 Å². The first-order chi connectivity index (χ1) is 8.98. The van der Waals surface area contributed by atoms with Crippen molar-refractivity contribution in [3.8, 4) is 0 Å². The van der Waals surface area contributed by atoms with Gasteiger partial charge in [0, 0.05) is 5.56 Å². The standard InChI is InChI=1S/C13H11NO4S.H2O/c15-13(10-6-2-1-3-7-10)14-11-8-4-5-9-12(11)19(16,17)18;/h1-9H,(H,14,15)(H,16,17,18);1H2. The highest BCUT2D eigenvalue weighted by Crippen LogP contribution is 2.21. The quantitative estimate of drug-likeness (QED) is 0.832. The molecular weight excluding hydrogens is 282 g/mol. The summed E-state index contributed by atoms with van der Waals surface area (Å²) in [4.78, 5) is 11.6. The largest absolute Gasteiger partial charge is 0.412 e. The van der Waals surface area contributed by atoms with Crippen LogP contribution in [0.2, 0.25) is 0 Å². The van der Waals surface area contributed by atoms with Crippen molar-refractivity contribution in [2.24, 2.45) is 0 Å². The molecule has 0 saturated carbocycles. The van der Waals surface area contributed by atoms with Crippen LogP contribution in [-0.2, 0) is 10.1 Å². The Morgan fingerprint density at radius 1 is 0.950 bits per heavy atom. The summed E-state index contributed by atoms with van der Waals surface area (Å²) in [7, 11) is -4.38. The van der Waals surface area contributed by atoms with Gasteiger partial charge in [0.2, 0.25) is 0 Å². The molecule has 106 valence electrons. The van der Waals surface area contributed by atoms with Crippen LogP contribution in [0.5, 0.6) is 0 Å². The molecule has 0 saturated heterocycles. The van der Waals surface area contributed by atoms with Crippen LogP contribution in [0.4, 0.5) is 5.69 Å². The molecule has 0 bridgehead atoms. The molecule has 0 radical (unpaired) electrons. The monoisotopic (exact) mass is 295 g/mol. The molecule has 0 fully saturated rings. The van der Waals surface area contributed by atoms with Gasteiger partial charge >= 0.3 is 0 Å². The Morgan fingerprint density at radius 3 is 2.10 bits per heavy atom. The zero-order valence-electron chi connectivity index (χ0n) is 10.3. The number of para-hydroxylation sites is 1. The van der Waals surface area contributed by atoms with Gasteiger partial charge in [0.05, 0.1) is 5.69 Å². The second-order valence-electron chi connectivity index (χ2n) is 3.79. The van der Waals surface area contributed by atoms with Crippen molar-refractivity contribution >= 4 is 21.7 Å². The second-order valence-corrected chi connectivity index (χ2v) is 5.18. The maximum absolute atomic E-state index is 11.9. The predicted molar refractivity (Wildman–Crippen MR) is 74.3 cm³/mol. The van der Waals surface area contributed by atoms with Crippen LogP contribution in [0.25, 0.3) is 0 Å². The van der Waals surface area contributed by atoms with Gasteiger partial charge in [0.25, 0.3) is 16.0 Å². The second kappa shape index (κ2) is 6.29. The van der Waals surface area contributed by atoms with Crippen molar-refractivity contribution in [2.45, 2.75) is 4.90 Å². The maximum Gasteiger partial charge on any atom is 0.296 e. The fourth-order valence-electron chi connectivity index (χ4n) is 1.58. The molecule has 0 spiro atoms. The van der Waals surface area contributed by atoms with Crippen LogP contribution in [-0.4, -0.2) is 24.4 Å². The molecule has 0 unspecified atom stereocenters. The van der Waals surface area contributed by atoms with Crippen molar-refractivity contribution in [2.75, 3.05) is 5.32 Å². The fraction of sp³-hybridized carbons (Fsp3) is 0. The Bertz CT molecular complexity index is 698. The molecule has 6 nitrogen and oxygen atoms in total. The van der Waals surface area contributed by atoms with Gasteiger partial charge in [0.1, 0.15) is 4.90 Å². The lowest BCUT2D eigenvalue weighted by atomic mass is 10.2. The third-order valence-corrected chi connectivity index (χ3v) is 3.36. The average Bonchev–Trinajstić information content (AvgIpc) is 2.39. The van der Waals surface area contributed by atoms with E-state index in [4.69, 9.17) is 4.55 Å². The zero-order valence-corrected chi connectivity index (χ0v) is 11.1. The molecule has 7 heteroatoms. The van der Waals surface area contributed by atoms with Crippen LogP contribution in [0, 0.1) is 0 Å². The number of benzene rings is 2. The van der Waals surface area contributed by atoms with Crippen LogP contribution >= 0.6 is 0 Å². The summed E-state index contributed by atoms with van der Waals surface area (Å²) in [5, 5.41) is 2.46. The Morgan fingerprint density at radius 2 is 1.50 bits per heavy atom. The van der Waals surface area contributed by atoms with Crippen LogP contribution in [0.3, 0.4) is 0 Å². The number of carbonyl (C=O) groups is 1. The molecule has 0 atom stereocenters. The highest BCUT2D eigenvalue weighted by Gasteiger charge is 2.16. The van der Waals surface area contributed by atoms with Crippen molar-refractivity contribution in [1.82, 2.24) is 0 Å². The number of anilines is 1. The minimum atomic E-state index is -4.38. The van der Waals surface area contributed by atoms with Crippen molar-refractivity contribution in [1.29, 1.82) is 0 Å². The van der Waals surface area contributed by atoms with Crippen molar-refractivity contribution in [3.05, 3.63) is 60.2 Å². The summed E-state index contributed by atoms with van der Waals surface area (Å²) >= 11 is 0. The Balaban J connectivity index is 0.00000200. The molecule has 2 aromatic rings. The minimum Gasteiger partial charge on any atom is -0.412 e. The minimum absolute atomic E-state index is 0. The predicted octanol–water partition coefficient (Wildman–Crippen LogP) is 1.36. The molecule has 2 rings (SSSR count). The summed E-state index contributed by atoms with van der Waals surface area (Å²) in [6.07, 6.45) is 0. The molecule has 2 aromatic carbocycles. The normalized spacial score (nSPS) is 10.4. The first-order valence-corrected chi connectivity index (χ1v) is 6.85. The van der Waals surface area contributed by atoms with E-state index in [2.05, 4.69) is 5.32 Å². The summed E-state index contributed by atoms with van der Waals surface area (Å²) in [5.74, 6) is -0.448. The van der Waals surface area contributed by atoms with E-state index in [1.807, 2.05) is 0 Å². The number of rotatable bonds is 3. The van der Waals surface area contributed by atoms with E-state index < -0.39 is 16.0 Å². The van der Waals surface area contributed by atoms with E-state index in [1.54, 1.807) is 36.4 Å². The van der Waals surface area contributed by atoms with Crippen molar-refractivity contribution < 1.29 is 23.2 Å². The van der Waals surface area contributed by atoms with Gasteiger partial charge in [0.15, 0.2) is 0 Å². The molecule has 0 aliphatic heterocycles. The van der Waals surface area contributed by atoms with Crippen LogP contribution in [0.1, 0.15) is 10.4 Å². The van der Waals surface area contributed by atoms with E-state index in [0.717, 1.165) is 0 Å². The molecule has 4 N–H and O–H groups in total. The third kappa shape index (κ3) is 3.64. The van der Waals surface area contributed by atoms with Gasteiger partial charge in [-0.3, -0.25) is 9.35 Å². The highest BCUT2D eigenvalue weighted by molar-refractivity contribution is 7.86. The molecule has 0 aliphatic rings. The topological polar surface area (TPSA) is 115 Å². The summed E-state index contributed by atoms with van der Waals surface area (Å²) in [5.41, 5.74) is 0.437. The Labute approximate surface area is 116 Å². The lowest BCUT2D eigenvalue weighted by Crippen LogP contribution is -2.14. The molecule has 0 aromatic heterocycles. The summed E-state index contributed by atoms with van der Waals surface area (Å²) in [6, 6.07) is 14.0. The lowest BCUT2D eigenvalue weighted by molar-refractivity contribution is 0.102. The Hall–Kier alpha value is -2.22. The molecule has 1 amide bonds. The first kappa shape index (κ1) is 15.8. The maximum atomic E-state index is 11.9. The van der Waals surface area contributed by atoms with Gasteiger partial charge in [-0.1, -0.05) is 30.3 Å². The van der Waals surface area contributed by atoms with E-state index >= 15 is 0 Å². The van der Waals surface area contributed by atoms with E-state index in [9.17, 15) is 13.2 Å².